The zero-order chi connectivity index (χ0) is 26.7. The lowest BCUT2D eigenvalue weighted by Gasteiger charge is -2.09. The van der Waals surface area contributed by atoms with Crippen LogP contribution in [0.1, 0.15) is 35.1 Å². The van der Waals surface area contributed by atoms with Crippen LogP contribution >= 0.6 is 23.2 Å². The fourth-order valence-electron chi connectivity index (χ4n) is 4.14. The van der Waals surface area contributed by atoms with Crippen LogP contribution in [0.3, 0.4) is 0 Å². The van der Waals surface area contributed by atoms with Crippen molar-refractivity contribution in [2.45, 2.75) is 38.5 Å². The molecule has 4 nitrogen and oxygen atoms in total. The molecule has 0 aromatic heterocycles. The van der Waals surface area contributed by atoms with Gasteiger partial charge < -0.3 is 9.47 Å². The maximum Gasteiger partial charge on any atom is 0.226 e. The average Bonchev–Trinajstić information content (AvgIpc) is 2.88. The van der Waals surface area contributed by atoms with Gasteiger partial charge in [-0.1, -0.05) is 48.5 Å². The first-order valence-corrected chi connectivity index (χ1v) is 13.3. The van der Waals surface area contributed by atoms with Crippen molar-refractivity contribution in [3.8, 4) is 23.0 Å². The highest BCUT2D eigenvalue weighted by Crippen LogP contribution is 2.25. The number of halogens is 2. The number of hydrogen-bond donors (Lipinski definition) is 0. The molecule has 0 aliphatic rings. The van der Waals surface area contributed by atoms with Gasteiger partial charge in [0, 0.05) is 12.8 Å². The molecule has 0 radical (unpaired) electrons. The molecule has 0 aliphatic heterocycles. The monoisotopic (exact) mass is 546 g/mol. The van der Waals surface area contributed by atoms with Gasteiger partial charge in [0.1, 0.15) is 23.0 Å². The maximum atomic E-state index is 11.1. The minimum Gasteiger partial charge on any atom is -0.457 e. The molecule has 194 valence electrons. The van der Waals surface area contributed by atoms with E-state index in [1.54, 1.807) is 0 Å². The van der Waals surface area contributed by atoms with Crippen LogP contribution in [0, 0.1) is 0 Å². The maximum absolute atomic E-state index is 11.1. The molecule has 0 amide bonds. The molecule has 4 rings (SSSR count). The summed E-state index contributed by atoms with van der Waals surface area (Å²) >= 11 is 11.0. The van der Waals surface area contributed by atoms with Crippen molar-refractivity contribution in [1.29, 1.82) is 0 Å². The van der Waals surface area contributed by atoms with Crippen LogP contribution in [-0.4, -0.2) is 10.5 Å². The third-order valence-electron chi connectivity index (χ3n) is 5.98. The van der Waals surface area contributed by atoms with E-state index in [-0.39, 0.29) is 12.8 Å². The molecule has 0 N–H and O–H groups in total. The Morgan fingerprint density at radius 1 is 0.500 bits per heavy atom. The number of ether oxygens (including phenoxy) is 2. The van der Waals surface area contributed by atoms with E-state index in [1.807, 2.05) is 72.8 Å². The minimum atomic E-state index is -0.391. The van der Waals surface area contributed by atoms with E-state index in [4.69, 9.17) is 32.7 Å². The Hall–Kier alpha value is -3.60. The zero-order valence-corrected chi connectivity index (χ0v) is 22.4. The molecule has 0 spiro atoms. The normalized spacial score (nSPS) is 10.7. The number of hydrogen-bond acceptors (Lipinski definition) is 4. The third kappa shape index (κ3) is 9.05. The predicted molar refractivity (Wildman–Crippen MR) is 152 cm³/mol. The van der Waals surface area contributed by atoms with Crippen molar-refractivity contribution < 1.29 is 19.1 Å². The molecule has 38 heavy (non-hydrogen) atoms. The van der Waals surface area contributed by atoms with Crippen LogP contribution in [0.2, 0.25) is 0 Å². The number of rotatable bonds is 13. The van der Waals surface area contributed by atoms with E-state index in [2.05, 4.69) is 24.3 Å². The Bertz CT molecular complexity index is 1260. The van der Waals surface area contributed by atoms with Gasteiger partial charge in [-0.2, -0.15) is 0 Å². The van der Waals surface area contributed by atoms with Crippen LogP contribution in [0.15, 0.2) is 97.1 Å². The second-order valence-corrected chi connectivity index (χ2v) is 9.90. The van der Waals surface area contributed by atoms with Gasteiger partial charge in [0.15, 0.2) is 0 Å². The molecule has 0 bridgehead atoms. The summed E-state index contributed by atoms with van der Waals surface area (Å²) in [6.45, 7) is 0. The lowest BCUT2D eigenvalue weighted by Crippen LogP contribution is -1.94. The van der Waals surface area contributed by atoms with Crippen molar-refractivity contribution in [1.82, 2.24) is 0 Å². The molecular formula is C32H28Cl2O4. The SMILES string of the molecule is O=C(Cl)Cc1cccc(Oc2ccc(CCCCc3ccc(Oc4cccc(CC(=O)Cl)c4)cc3)cc2)c1. The molecule has 0 unspecified atom stereocenters. The van der Waals surface area contributed by atoms with E-state index in [1.165, 1.54) is 11.1 Å². The minimum absolute atomic E-state index is 0.184. The standard InChI is InChI=1S/C32H28Cl2O4/c33-31(35)21-25-7-3-9-29(19-25)37-27-15-11-23(12-16-27)5-1-2-6-24-13-17-28(18-14-24)38-30-10-4-8-26(20-30)22-32(34)36/h3-4,7-20H,1-2,5-6,21-22H2. The van der Waals surface area contributed by atoms with Crippen molar-refractivity contribution in [3.05, 3.63) is 119 Å². The topological polar surface area (TPSA) is 52.6 Å². The van der Waals surface area contributed by atoms with Crippen molar-refractivity contribution in [2.75, 3.05) is 0 Å². The molecule has 0 fully saturated rings. The third-order valence-corrected chi connectivity index (χ3v) is 6.25. The molecule has 0 aliphatic carbocycles. The van der Waals surface area contributed by atoms with E-state index < -0.39 is 10.5 Å². The Labute approximate surface area is 233 Å². The Balaban J connectivity index is 1.20. The first kappa shape index (κ1) is 27.4. The van der Waals surface area contributed by atoms with Gasteiger partial charge in [0.25, 0.3) is 0 Å². The van der Waals surface area contributed by atoms with E-state index in [0.29, 0.717) is 11.5 Å². The van der Waals surface area contributed by atoms with Gasteiger partial charge in [-0.05, 0) is 120 Å². The van der Waals surface area contributed by atoms with Crippen LogP contribution in [0.25, 0.3) is 0 Å². The molecule has 0 saturated heterocycles. The summed E-state index contributed by atoms with van der Waals surface area (Å²) in [5.41, 5.74) is 4.18. The highest BCUT2D eigenvalue weighted by atomic mass is 35.5. The number of unbranched alkanes of at least 4 members (excludes halogenated alkanes) is 1. The van der Waals surface area contributed by atoms with Crippen molar-refractivity contribution >= 4 is 33.7 Å². The fraction of sp³-hybridized carbons (Fsp3) is 0.188. The number of benzene rings is 4. The van der Waals surface area contributed by atoms with E-state index >= 15 is 0 Å². The Kier molecular flexibility index (Phi) is 9.97. The summed E-state index contributed by atoms with van der Waals surface area (Å²) in [6.07, 6.45) is 4.52. The zero-order valence-electron chi connectivity index (χ0n) is 20.9. The summed E-state index contributed by atoms with van der Waals surface area (Å²) in [7, 11) is 0. The second kappa shape index (κ2) is 13.8. The highest BCUT2D eigenvalue weighted by molar-refractivity contribution is 6.64. The van der Waals surface area contributed by atoms with E-state index in [9.17, 15) is 9.59 Å². The lowest BCUT2D eigenvalue weighted by molar-refractivity contribution is -0.111. The van der Waals surface area contributed by atoms with Gasteiger partial charge in [-0.15, -0.1) is 0 Å². The summed E-state index contributed by atoms with van der Waals surface area (Å²) in [6, 6.07) is 31.0. The van der Waals surface area contributed by atoms with Gasteiger partial charge in [0.05, 0.1) is 0 Å². The van der Waals surface area contributed by atoms with Gasteiger partial charge >= 0.3 is 0 Å². The van der Waals surface area contributed by atoms with Crippen LogP contribution in [0.5, 0.6) is 23.0 Å². The first-order chi connectivity index (χ1) is 18.4. The van der Waals surface area contributed by atoms with Crippen LogP contribution in [-0.2, 0) is 35.3 Å². The van der Waals surface area contributed by atoms with Crippen molar-refractivity contribution in [3.63, 3.8) is 0 Å². The highest BCUT2D eigenvalue weighted by Gasteiger charge is 2.05. The van der Waals surface area contributed by atoms with Gasteiger partial charge in [-0.3, -0.25) is 9.59 Å². The van der Waals surface area contributed by atoms with Gasteiger partial charge in [0.2, 0.25) is 10.5 Å². The number of carbonyl (C=O) groups is 2. The summed E-state index contributed by atoms with van der Waals surface area (Å²) < 4.78 is 11.8. The molecular weight excluding hydrogens is 519 g/mol. The van der Waals surface area contributed by atoms with E-state index in [0.717, 1.165) is 48.3 Å². The van der Waals surface area contributed by atoms with Gasteiger partial charge in [-0.25, -0.2) is 0 Å². The Morgan fingerprint density at radius 2 is 0.895 bits per heavy atom. The Morgan fingerprint density at radius 3 is 1.26 bits per heavy atom. The second-order valence-electron chi connectivity index (χ2n) is 9.06. The number of aryl methyl sites for hydroxylation is 2. The molecule has 6 heteroatoms. The first-order valence-electron chi connectivity index (χ1n) is 12.5. The summed E-state index contributed by atoms with van der Waals surface area (Å²) in [5, 5.41) is -0.781. The van der Waals surface area contributed by atoms with Crippen molar-refractivity contribution in [2.24, 2.45) is 0 Å². The van der Waals surface area contributed by atoms with Crippen LogP contribution in [0.4, 0.5) is 0 Å². The molecule has 4 aromatic carbocycles. The largest absolute Gasteiger partial charge is 0.457 e. The lowest BCUT2D eigenvalue weighted by atomic mass is 10.0. The molecule has 0 atom stereocenters. The molecule has 0 saturated carbocycles. The smallest absolute Gasteiger partial charge is 0.226 e. The fourth-order valence-corrected chi connectivity index (χ4v) is 4.45. The summed E-state index contributed by atoms with van der Waals surface area (Å²) in [5.74, 6) is 2.87. The number of carbonyl (C=O) groups excluding carboxylic acids is 2. The molecule has 0 heterocycles. The predicted octanol–water partition coefficient (Wildman–Crippen LogP) is 8.45. The quantitative estimate of drug-likeness (QED) is 0.125. The van der Waals surface area contributed by atoms with Crippen LogP contribution < -0.4 is 9.47 Å². The summed E-state index contributed by atoms with van der Waals surface area (Å²) in [4.78, 5) is 22.3. The molecule has 4 aromatic rings. The average molecular weight is 547 g/mol.